The number of hydrogen-bond donors (Lipinski definition) is 1. The summed E-state index contributed by atoms with van der Waals surface area (Å²) in [5.74, 6) is 0.725. The molecule has 0 aliphatic heterocycles. The van der Waals surface area contributed by atoms with E-state index in [0.29, 0.717) is 0 Å². The zero-order valence-corrected chi connectivity index (χ0v) is 15.2. The average molecular weight is 334 g/mol. The van der Waals surface area contributed by atoms with Crippen LogP contribution in [0.25, 0.3) is 10.9 Å². The maximum Gasteiger partial charge on any atom is 0.0737 e. The molecule has 0 fully saturated rings. The number of nitrogens with one attached hydrogen (secondary N) is 1. The van der Waals surface area contributed by atoms with E-state index in [2.05, 4.69) is 36.0 Å². The second kappa shape index (κ2) is 9.09. The van der Waals surface area contributed by atoms with Crippen molar-refractivity contribution in [1.29, 1.82) is 0 Å². The summed E-state index contributed by atoms with van der Waals surface area (Å²) in [5.41, 5.74) is 2.08. The maximum atomic E-state index is 6.04. The lowest BCUT2D eigenvalue weighted by Gasteiger charge is -2.23. The first-order chi connectivity index (χ1) is 11.1. The summed E-state index contributed by atoms with van der Waals surface area (Å²) in [6.45, 7) is 11.3. The van der Waals surface area contributed by atoms with Gasteiger partial charge in [-0.3, -0.25) is 4.98 Å². The molecule has 126 valence electrons. The molecule has 0 unspecified atom stereocenters. The van der Waals surface area contributed by atoms with Crippen LogP contribution in [0.4, 0.5) is 5.69 Å². The number of anilines is 1. The summed E-state index contributed by atoms with van der Waals surface area (Å²) < 4.78 is 0. The molecule has 23 heavy (non-hydrogen) atoms. The number of rotatable bonds is 9. The molecule has 1 aromatic carbocycles. The third kappa shape index (κ3) is 5.67. The Morgan fingerprint density at radius 3 is 2.78 bits per heavy atom. The molecule has 1 heterocycles. The highest BCUT2D eigenvalue weighted by molar-refractivity contribution is 6.31. The first kappa shape index (κ1) is 18.0. The lowest BCUT2D eigenvalue weighted by atomic mass is 10.2. The predicted octanol–water partition coefficient (Wildman–Crippen LogP) is 5.06. The second-order valence-corrected chi connectivity index (χ2v) is 6.93. The fourth-order valence-corrected chi connectivity index (χ4v) is 3.09. The van der Waals surface area contributed by atoms with Crippen LogP contribution in [0, 0.1) is 5.92 Å². The Morgan fingerprint density at radius 1 is 1.22 bits per heavy atom. The van der Waals surface area contributed by atoms with Gasteiger partial charge < -0.3 is 10.2 Å². The molecular weight excluding hydrogens is 306 g/mol. The normalized spacial score (nSPS) is 11.6. The molecule has 0 aliphatic rings. The quantitative estimate of drug-likeness (QED) is 0.650. The fraction of sp³-hybridized carbons (Fsp3) is 0.526. The van der Waals surface area contributed by atoms with Crippen molar-refractivity contribution in [2.75, 3.05) is 31.5 Å². The van der Waals surface area contributed by atoms with Gasteiger partial charge in [-0.05, 0) is 56.1 Å². The van der Waals surface area contributed by atoms with E-state index < -0.39 is 0 Å². The minimum atomic E-state index is 0.725. The molecule has 0 saturated heterocycles. The van der Waals surface area contributed by atoms with Gasteiger partial charge in [0.2, 0.25) is 0 Å². The molecule has 3 nitrogen and oxygen atoms in total. The Kier molecular flexibility index (Phi) is 7.13. The van der Waals surface area contributed by atoms with Crippen molar-refractivity contribution in [1.82, 2.24) is 9.88 Å². The molecule has 0 amide bonds. The summed E-state index contributed by atoms with van der Waals surface area (Å²) >= 11 is 6.04. The van der Waals surface area contributed by atoms with Gasteiger partial charge in [0.1, 0.15) is 0 Å². The van der Waals surface area contributed by atoms with E-state index in [-0.39, 0.29) is 0 Å². The van der Waals surface area contributed by atoms with Crippen LogP contribution in [0.15, 0.2) is 30.5 Å². The SMILES string of the molecule is CCCN(CCCNc1ccnc2cc(Cl)ccc12)CC(C)C. The Morgan fingerprint density at radius 2 is 2.04 bits per heavy atom. The number of halogens is 1. The van der Waals surface area contributed by atoms with Crippen LogP contribution in [0.3, 0.4) is 0 Å². The Hall–Kier alpha value is -1.32. The van der Waals surface area contributed by atoms with Crippen molar-refractivity contribution in [3.05, 3.63) is 35.5 Å². The summed E-state index contributed by atoms with van der Waals surface area (Å²) in [6.07, 6.45) is 4.20. The van der Waals surface area contributed by atoms with E-state index in [4.69, 9.17) is 11.6 Å². The Labute approximate surface area is 145 Å². The second-order valence-electron chi connectivity index (χ2n) is 6.49. The van der Waals surface area contributed by atoms with Gasteiger partial charge in [-0.2, -0.15) is 0 Å². The van der Waals surface area contributed by atoms with Gasteiger partial charge in [0.05, 0.1) is 5.52 Å². The van der Waals surface area contributed by atoms with Crippen LogP contribution in [0.1, 0.15) is 33.6 Å². The summed E-state index contributed by atoms with van der Waals surface area (Å²) in [6, 6.07) is 7.90. The third-order valence-corrected chi connectivity index (χ3v) is 4.07. The Bertz CT molecular complexity index is 613. The first-order valence-electron chi connectivity index (χ1n) is 8.60. The van der Waals surface area contributed by atoms with Crippen molar-refractivity contribution in [3.8, 4) is 0 Å². The minimum Gasteiger partial charge on any atom is -0.384 e. The molecule has 4 heteroatoms. The first-order valence-corrected chi connectivity index (χ1v) is 8.98. The van der Waals surface area contributed by atoms with Gasteiger partial charge in [-0.1, -0.05) is 32.4 Å². The topological polar surface area (TPSA) is 28.2 Å². The lowest BCUT2D eigenvalue weighted by molar-refractivity contribution is 0.244. The van der Waals surface area contributed by atoms with Gasteiger partial charge >= 0.3 is 0 Å². The van der Waals surface area contributed by atoms with Crippen LogP contribution in [0.2, 0.25) is 5.02 Å². The highest BCUT2D eigenvalue weighted by Gasteiger charge is 2.06. The number of benzene rings is 1. The van der Waals surface area contributed by atoms with Crippen LogP contribution in [0.5, 0.6) is 0 Å². The average Bonchev–Trinajstić information content (AvgIpc) is 2.50. The lowest BCUT2D eigenvalue weighted by Crippen LogP contribution is -2.30. The molecule has 0 radical (unpaired) electrons. The van der Waals surface area contributed by atoms with Crippen LogP contribution in [-0.4, -0.2) is 36.1 Å². The van der Waals surface area contributed by atoms with E-state index >= 15 is 0 Å². The van der Waals surface area contributed by atoms with Crippen LogP contribution < -0.4 is 5.32 Å². The molecule has 2 rings (SSSR count). The molecule has 0 bridgehead atoms. The van der Waals surface area contributed by atoms with E-state index in [1.54, 1.807) is 0 Å². The molecular formula is C19H28ClN3. The molecule has 1 aromatic heterocycles. The highest BCUT2D eigenvalue weighted by Crippen LogP contribution is 2.24. The van der Waals surface area contributed by atoms with Gasteiger partial charge in [0.25, 0.3) is 0 Å². The van der Waals surface area contributed by atoms with Gasteiger partial charge in [-0.15, -0.1) is 0 Å². The summed E-state index contributed by atoms with van der Waals surface area (Å²) in [5, 5.41) is 5.41. The zero-order valence-electron chi connectivity index (χ0n) is 14.5. The number of nitrogens with zero attached hydrogens (tertiary/aromatic N) is 2. The van der Waals surface area contributed by atoms with E-state index in [9.17, 15) is 0 Å². The van der Waals surface area contributed by atoms with Crippen molar-refractivity contribution in [2.45, 2.75) is 33.6 Å². The molecule has 0 atom stereocenters. The van der Waals surface area contributed by atoms with Crippen LogP contribution in [-0.2, 0) is 0 Å². The van der Waals surface area contributed by atoms with Crippen molar-refractivity contribution >= 4 is 28.2 Å². The number of hydrogen-bond acceptors (Lipinski definition) is 3. The monoisotopic (exact) mass is 333 g/mol. The third-order valence-electron chi connectivity index (χ3n) is 3.83. The molecule has 2 aromatic rings. The van der Waals surface area contributed by atoms with Crippen molar-refractivity contribution in [2.24, 2.45) is 5.92 Å². The number of fused-ring (bicyclic) bond motifs is 1. The maximum absolute atomic E-state index is 6.04. The molecule has 0 saturated carbocycles. The van der Waals surface area contributed by atoms with E-state index in [0.717, 1.165) is 47.0 Å². The van der Waals surface area contributed by atoms with E-state index in [1.165, 1.54) is 19.5 Å². The summed E-state index contributed by atoms with van der Waals surface area (Å²) in [4.78, 5) is 6.95. The number of pyridine rings is 1. The van der Waals surface area contributed by atoms with Crippen LogP contribution >= 0.6 is 11.6 Å². The largest absolute Gasteiger partial charge is 0.384 e. The Balaban J connectivity index is 1.88. The summed E-state index contributed by atoms with van der Waals surface area (Å²) in [7, 11) is 0. The van der Waals surface area contributed by atoms with Crippen molar-refractivity contribution in [3.63, 3.8) is 0 Å². The van der Waals surface area contributed by atoms with Gasteiger partial charge in [0.15, 0.2) is 0 Å². The predicted molar refractivity (Wildman–Crippen MR) is 101 cm³/mol. The molecule has 1 N–H and O–H groups in total. The van der Waals surface area contributed by atoms with Gasteiger partial charge in [-0.25, -0.2) is 0 Å². The molecule has 0 spiro atoms. The standard InChI is InChI=1S/C19H28ClN3/c1-4-11-23(14-15(2)3)12-5-9-21-18-8-10-22-19-13-16(20)6-7-17(18)19/h6-8,10,13,15H,4-5,9,11-12,14H2,1-3H3,(H,21,22). The smallest absolute Gasteiger partial charge is 0.0737 e. The van der Waals surface area contributed by atoms with E-state index in [1.807, 2.05) is 30.5 Å². The van der Waals surface area contributed by atoms with Crippen molar-refractivity contribution < 1.29 is 0 Å². The highest BCUT2D eigenvalue weighted by atomic mass is 35.5. The van der Waals surface area contributed by atoms with Gasteiger partial charge in [0, 0.05) is 35.4 Å². The zero-order chi connectivity index (χ0) is 16.7. The fourth-order valence-electron chi connectivity index (χ4n) is 2.93. The molecule has 0 aliphatic carbocycles. The number of aromatic nitrogens is 1. The minimum absolute atomic E-state index is 0.725.